The lowest BCUT2D eigenvalue weighted by Gasteiger charge is -2.22. The van der Waals surface area contributed by atoms with E-state index in [2.05, 4.69) is 59.0 Å². The van der Waals surface area contributed by atoms with Gasteiger partial charge in [-0.1, -0.05) is 33.3 Å². The van der Waals surface area contributed by atoms with Gasteiger partial charge in [0.2, 0.25) is 0 Å². The fourth-order valence-electron chi connectivity index (χ4n) is 2.36. The molecule has 0 heterocycles. The Kier molecular flexibility index (Phi) is 7.08. The van der Waals surface area contributed by atoms with Crippen molar-refractivity contribution in [2.45, 2.75) is 60.5 Å². The first-order chi connectivity index (χ1) is 9.43. The van der Waals surface area contributed by atoms with Crippen LogP contribution in [0.25, 0.3) is 0 Å². The van der Waals surface area contributed by atoms with Crippen molar-refractivity contribution in [1.82, 2.24) is 5.32 Å². The molecule has 0 aliphatic heterocycles. The Bertz CT molecular complexity index is 412. The minimum atomic E-state index is 0.263. The van der Waals surface area contributed by atoms with Crippen molar-refractivity contribution in [1.29, 1.82) is 0 Å². The Hall–Kier alpha value is -1.02. The van der Waals surface area contributed by atoms with Crippen molar-refractivity contribution in [3.05, 3.63) is 28.8 Å². The van der Waals surface area contributed by atoms with E-state index in [1.807, 2.05) is 0 Å². The first-order valence-electron chi connectivity index (χ1n) is 7.89. The van der Waals surface area contributed by atoms with Gasteiger partial charge >= 0.3 is 0 Å². The van der Waals surface area contributed by atoms with E-state index in [1.165, 1.54) is 16.7 Å². The minimum Gasteiger partial charge on any atom is -0.489 e. The molecular weight excluding hydrogens is 246 g/mol. The zero-order valence-electron chi connectivity index (χ0n) is 14.0. The number of aryl methyl sites for hydroxylation is 2. The molecule has 0 fully saturated rings. The molecule has 2 heteroatoms. The second-order valence-electron chi connectivity index (χ2n) is 6.29. The lowest BCUT2D eigenvalue weighted by atomic mass is 10.1. The lowest BCUT2D eigenvalue weighted by molar-refractivity contribution is 0.184. The second-order valence-corrected chi connectivity index (χ2v) is 6.29. The highest BCUT2D eigenvalue weighted by Crippen LogP contribution is 2.25. The molecule has 1 unspecified atom stereocenters. The van der Waals surface area contributed by atoms with Gasteiger partial charge < -0.3 is 10.1 Å². The standard InChI is InChI=1S/C18H31NO/c1-7-8-17(12-19-11-13(2)3)20-18-10-14(4)9-15(5)16(18)6/h9-10,13,17,19H,7-8,11-12H2,1-6H3. The van der Waals surface area contributed by atoms with Gasteiger partial charge in [0.05, 0.1) is 0 Å². The maximum atomic E-state index is 6.27. The van der Waals surface area contributed by atoms with Crippen molar-refractivity contribution in [2.24, 2.45) is 5.92 Å². The van der Waals surface area contributed by atoms with Crippen molar-refractivity contribution in [3.8, 4) is 5.75 Å². The van der Waals surface area contributed by atoms with Gasteiger partial charge in [-0.25, -0.2) is 0 Å². The fraction of sp³-hybridized carbons (Fsp3) is 0.667. The molecule has 20 heavy (non-hydrogen) atoms. The fourth-order valence-corrected chi connectivity index (χ4v) is 2.36. The van der Waals surface area contributed by atoms with Crippen molar-refractivity contribution < 1.29 is 4.74 Å². The maximum Gasteiger partial charge on any atom is 0.123 e. The summed E-state index contributed by atoms with van der Waals surface area (Å²) in [5.41, 5.74) is 3.85. The maximum absolute atomic E-state index is 6.27. The Balaban J connectivity index is 2.69. The molecule has 0 saturated carbocycles. The molecule has 1 rings (SSSR count). The SMILES string of the molecule is CCCC(CNCC(C)C)Oc1cc(C)cc(C)c1C. The van der Waals surface area contributed by atoms with E-state index in [0.717, 1.165) is 31.7 Å². The van der Waals surface area contributed by atoms with E-state index < -0.39 is 0 Å². The number of hydrogen-bond acceptors (Lipinski definition) is 2. The first kappa shape index (κ1) is 17.0. The van der Waals surface area contributed by atoms with Crippen LogP contribution in [0.1, 0.15) is 50.3 Å². The molecule has 0 aliphatic rings. The van der Waals surface area contributed by atoms with Crippen LogP contribution in [-0.2, 0) is 0 Å². The molecule has 0 saturated heterocycles. The average Bonchev–Trinajstić information content (AvgIpc) is 2.35. The molecule has 0 aromatic heterocycles. The van der Waals surface area contributed by atoms with Gasteiger partial charge in [0.1, 0.15) is 11.9 Å². The van der Waals surface area contributed by atoms with Gasteiger partial charge in [-0.3, -0.25) is 0 Å². The molecule has 0 aliphatic carbocycles. The van der Waals surface area contributed by atoms with Crippen LogP contribution in [-0.4, -0.2) is 19.2 Å². The van der Waals surface area contributed by atoms with Crippen LogP contribution >= 0.6 is 0 Å². The average molecular weight is 277 g/mol. The van der Waals surface area contributed by atoms with Crippen LogP contribution < -0.4 is 10.1 Å². The van der Waals surface area contributed by atoms with Crippen LogP contribution in [0.2, 0.25) is 0 Å². The molecule has 1 N–H and O–H groups in total. The smallest absolute Gasteiger partial charge is 0.123 e. The van der Waals surface area contributed by atoms with Crippen LogP contribution in [0, 0.1) is 26.7 Å². The number of nitrogens with one attached hydrogen (secondary N) is 1. The molecule has 1 aromatic carbocycles. The van der Waals surface area contributed by atoms with Gasteiger partial charge in [0, 0.05) is 6.54 Å². The van der Waals surface area contributed by atoms with Crippen LogP contribution in [0.3, 0.4) is 0 Å². The predicted octanol–water partition coefficient (Wildman–Crippen LogP) is 4.40. The summed E-state index contributed by atoms with van der Waals surface area (Å²) in [6.45, 7) is 15.1. The highest BCUT2D eigenvalue weighted by Gasteiger charge is 2.12. The second kappa shape index (κ2) is 8.31. The van der Waals surface area contributed by atoms with E-state index in [4.69, 9.17) is 4.74 Å². The van der Waals surface area contributed by atoms with Crippen molar-refractivity contribution >= 4 is 0 Å². The molecule has 114 valence electrons. The Morgan fingerprint density at radius 3 is 2.40 bits per heavy atom. The summed E-state index contributed by atoms with van der Waals surface area (Å²) in [6.07, 6.45) is 2.51. The molecule has 2 nitrogen and oxygen atoms in total. The third-order valence-corrected chi connectivity index (χ3v) is 3.59. The summed E-state index contributed by atoms with van der Waals surface area (Å²) in [5.74, 6) is 1.73. The van der Waals surface area contributed by atoms with E-state index >= 15 is 0 Å². The van der Waals surface area contributed by atoms with Gasteiger partial charge in [0.25, 0.3) is 0 Å². The first-order valence-corrected chi connectivity index (χ1v) is 7.89. The highest BCUT2D eigenvalue weighted by atomic mass is 16.5. The zero-order chi connectivity index (χ0) is 15.1. The van der Waals surface area contributed by atoms with E-state index in [-0.39, 0.29) is 6.10 Å². The minimum absolute atomic E-state index is 0.263. The van der Waals surface area contributed by atoms with E-state index in [9.17, 15) is 0 Å². The largest absolute Gasteiger partial charge is 0.489 e. The topological polar surface area (TPSA) is 21.3 Å². The van der Waals surface area contributed by atoms with Gasteiger partial charge in [-0.05, 0) is 62.4 Å². The third-order valence-electron chi connectivity index (χ3n) is 3.59. The molecule has 0 bridgehead atoms. The van der Waals surface area contributed by atoms with Gasteiger partial charge in [-0.2, -0.15) is 0 Å². The number of ether oxygens (including phenoxy) is 1. The molecule has 0 spiro atoms. The highest BCUT2D eigenvalue weighted by molar-refractivity contribution is 5.42. The Morgan fingerprint density at radius 2 is 1.80 bits per heavy atom. The third kappa shape index (κ3) is 5.54. The van der Waals surface area contributed by atoms with Gasteiger partial charge in [0.15, 0.2) is 0 Å². The molecular formula is C18H31NO. The Morgan fingerprint density at radius 1 is 1.10 bits per heavy atom. The monoisotopic (exact) mass is 277 g/mol. The molecule has 1 atom stereocenters. The number of benzene rings is 1. The van der Waals surface area contributed by atoms with Crippen LogP contribution in [0.15, 0.2) is 12.1 Å². The lowest BCUT2D eigenvalue weighted by Crippen LogP contribution is -2.33. The summed E-state index contributed by atoms with van der Waals surface area (Å²) < 4.78 is 6.27. The van der Waals surface area contributed by atoms with E-state index in [1.54, 1.807) is 0 Å². The van der Waals surface area contributed by atoms with Crippen LogP contribution in [0.5, 0.6) is 5.75 Å². The summed E-state index contributed by atoms with van der Waals surface area (Å²) in [7, 11) is 0. The molecule has 1 aromatic rings. The molecule has 0 amide bonds. The van der Waals surface area contributed by atoms with Gasteiger partial charge in [-0.15, -0.1) is 0 Å². The Labute approximate surface area is 124 Å². The zero-order valence-corrected chi connectivity index (χ0v) is 14.0. The summed E-state index contributed by atoms with van der Waals surface area (Å²) in [4.78, 5) is 0. The van der Waals surface area contributed by atoms with Crippen LogP contribution in [0.4, 0.5) is 0 Å². The number of hydrogen-bond donors (Lipinski definition) is 1. The summed E-state index contributed by atoms with van der Waals surface area (Å²) in [5, 5.41) is 3.51. The summed E-state index contributed by atoms with van der Waals surface area (Å²) >= 11 is 0. The summed E-state index contributed by atoms with van der Waals surface area (Å²) in [6, 6.07) is 4.38. The number of rotatable bonds is 8. The predicted molar refractivity (Wildman–Crippen MR) is 87.7 cm³/mol. The quantitative estimate of drug-likeness (QED) is 0.760. The normalized spacial score (nSPS) is 12.8. The van der Waals surface area contributed by atoms with Crippen molar-refractivity contribution in [2.75, 3.05) is 13.1 Å². The van der Waals surface area contributed by atoms with Crippen molar-refractivity contribution in [3.63, 3.8) is 0 Å². The van der Waals surface area contributed by atoms with E-state index in [0.29, 0.717) is 5.92 Å². The molecule has 0 radical (unpaired) electrons.